The number of H-pyrrole nitrogens is 1. The SMILES string of the molecule is O=C(NCCN1CCC(=Cc2ccc(C(F)(F)F)cc2)CC1)c1ccc(=O)[nH]c1. The van der Waals surface area contributed by atoms with Gasteiger partial charge in [0.05, 0.1) is 11.1 Å². The third kappa shape index (κ3) is 6.05. The first-order valence-electron chi connectivity index (χ1n) is 9.37. The highest BCUT2D eigenvalue weighted by Gasteiger charge is 2.29. The summed E-state index contributed by atoms with van der Waals surface area (Å²) in [5, 5.41) is 2.83. The Morgan fingerprint density at radius 2 is 1.79 bits per heavy atom. The molecule has 1 saturated heterocycles. The summed E-state index contributed by atoms with van der Waals surface area (Å²) in [6, 6.07) is 7.99. The van der Waals surface area contributed by atoms with Gasteiger partial charge in [0.1, 0.15) is 0 Å². The molecule has 1 aromatic heterocycles. The Bertz CT molecular complexity index is 903. The van der Waals surface area contributed by atoms with Gasteiger partial charge in [0, 0.05) is 38.4 Å². The number of rotatable bonds is 5. The average molecular weight is 405 g/mol. The van der Waals surface area contributed by atoms with Gasteiger partial charge in [0.25, 0.3) is 5.91 Å². The first kappa shape index (κ1) is 20.9. The molecule has 0 saturated carbocycles. The number of benzene rings is 1. The van der Waals surface area contributed by atoms with Crippen molar-refractivity contribution in [2.45, 2.75) is 19.0 Å². The molecule has 0 aliphatic carbocycles. The van der Waals surface area contributed by atoms with Gasteiger partial charge in [-0.1, -0.05) is 23.8 Å². The number of alkyl halides is 3. The number of nitrogens with one attached hydrogen (secondary N) is 2. The molecule has 8 heteroatoms. The number of aromatic nitrogens is 1. The summed E-state index contributed by atoms with van der Waals surface area (Å²) in [7, 11) is 0. The van der Waals surface area contributed by atoms with Crippen LogP contribution in [-0.2, 0) is 6.18 Å². The van der Waals surface area contributed by atoms with Crippen LogP contribution >= 0.6 is 0 Å². The number of amides is 1. The zero-order valence-electron chi connectivity index (χ0n) is 15.8. The summed E-state index contributed by atoms with van der Waals surface area (Å²) in [6.07, 6.45) is 0.709. The van der Waals surface area contributed by atoms with Gasteiger partial charge in [0.2, 0.25) is 5.56 Å². The molecule has 2 heterocycles. The van der Waals surface area contributed by atoms with Crippen molar-refractivity contribution in [3.63, 3.8) is 0 Å². The molecular weight excluding hydrogens is 383 g/mol. The first-order valence-corrected chi connectivity index (χ1v) is 9.37. The second kappa shape index (κ2) is 9.09. The number of nitrogens with zero attached hydrogens (tertiary/aromatic N) is 1. The minimum absolute atomic E-state index is 0.235. The third-order valence-electron chi connectivity index (χ3n) is 4.87. The largest absolute Gasteiger partial charge is 0.416 e. The number of carbonyl (C=O) groups is 1. The fourth-order valence-corrected chi connectivity index (χ4v) is 3.19. The molecule has 1 fully saturated rings. The van der Waals surface area contributed by atoms with Crippen LogP contribution in [0.25, 0.3) is 6.08 Å². The lowest BCUT2D eigenvalue weighted by atomic mass is 10.0. The Hall–Kier alpha value is -2.87. The minimum atomic E-state index is -4.32. The maximum Gasteiger partial charge on any atom is 0.416 e. The molecule has 2 N–H and O–H groups in total. The lowest BCUT2D eigenvalue weighted by Crippen LogP contribution is -2.38. The van der Waals surface area contributed by atoms with Crippen molar-refractivity contribution in [2.75, 3.05) is 26.2 Å². The molecule has 0 spiro atoms. The highest BCUT2D eigenvalue weighted by molar-refractivity contribution is 5.93. The predicted molar refractivity (Wildman–Crippen MR) is 104 cm³/mol. The van der Waals surface area contributed by atoms with E-state index < -0.39 is 11.7 Å². The van der Waals surface area contributed by atoms with Crippen molar-refractivity contribution in [3.05, 3.63) is 75.2 Å². The molecule has 29 heavy (non-hydrogen) atoms. The van der Waals surface area contributed by atoms with Crippen molar-refractivity contribution in [1.29, 1.82) is 0 Å². The summed E-state index contributed by atoms with van der Waals surface area (Å²) in [5.41, 5.74) is 1.49. The van der Waals surface area contributed by atoms with Crippen molar-refractivity contribution in [1.82, 2.24) is 15.2 Å². The number of likely N-dealkylation sites (tertiary alicyclic amines) is 1. The second-order valence-electron chi connectivity index (χ2n) is 6.96. The van der Waals surface area contributed by atoms with E-state index in [9.17, 15) is 22.8 Å². The van der Waals surface area contributed by atoms with Crippen LogP contribution in [0.15, 0.2) is 53.0 Å². The van der Waals surface area contributed by atoms with Crippen molar-refractivity contribution in [3.8, 4) is 0 Å². The summed E-state index contributed by atoms with van der Waals surface area (Å²) in [5.74, 6) is -0.235. The monoisotopic (exact) mass is 405 g/mol. The van der Waals surface area contributed by atoms with E-state index in [0.717, 1.165) is 43.6 Å². The topological polar surface area (TPSA) is 65.2 Å². The van der Waals surface area contributed by atoms with E-state index in [-0.39, 0.29) is 11.5 Å². The Morgan fingerprint density at radius 3 is 2.38 bits per heavy atom. The second-order valence-corrected chi connectivity index (χ2v) is 6.96. The normalized spacial score (nSPS) is 15.2. The molecule has 0 unspecified atom stereocenters. The van der Waals surface area contributed by atoms with Gasteiger partial charge in [-0.25, -0.2) is 0 Å². The van der Waals surface area contributed by atoms with Crippen LogP contribution in [0.2, 0.25) is 0 Å². The highest BCUT2D eigenvalue weighted by Crippen LogP contribution is 2.29. The van der Waals surface area contributed by atoms with Crippen LogP contribution < -0.4 is 10.9 Å². The highest BCUT2D eigenvalue weighted by atomic mass is 19.4. The van der Waals surface area contributed by atoms with Gasteiger partial charge < -0.3 is 15.2 Å². The maximum atomic E-state index is 12.6. The molecule has 0 radical (unpaired) electrons. The fourth-order valence-electron chi connectivity index (χ4n) is 3.19. The van der Waals surface area contributed by atoms with Crippen LogP contribution in [0, 0.1) is 0 Å². The van der Waals surface area contributed by atoms with Gasteiger partial charge in [-0.05, 0) is 36.6 Å². The van der Waals surface area contributed by atoms with E-state index in [4.69, 9.17) is 0 Å². The number of halogens is 3. The van der Waals surface area contributed by atoms with Gasteiger partial charge in [-0.15, -0.1) is 0 Å². The summed E-state index contributed by atoms with van der Waals surface area (Å²) in [6.45, 7) is 2.88. The Morgan fingerprint density at radius 1 is 1.10 bits per heavy atom. The molecule has 1 aromatic carbocycles. The Kier molecular flexibility index (Phi) is 6.53. The lowest BCUT2D eigenvalue weighted by Gasteiger charge is -2.28. The molecule has 0 bridgehead atoms. The van der Waals surface area contributed by atoms with Gasteiger partial charge in [0.15, 0.2) is 0 Å². The fraction of sp³-hybridized carbons (Fsp3) is 0.333. The summed E-state index contributed by atoms with van der Waals surface area (Å²) in [4.78, 5) is 27.7. The van der Waals surface area contributed by atoms with Crippen LogP contribution in [0.3, 0.4) is 0 Å². The van der Waals surface area contributed by atoms with E-state index in [0.29, 0.717) is 18.7 Å². The predicted octanol–water partition coefficient (Wildman–Crippen LogP) is 3.30. The maximum absolute atomic E-state index is 12.6. The summed E-state index contributed by atoms with van der Waals surface area (Å²) >= 11 is 0. The zero-order chi connectivity index (χ0) is 20.9. The number of carbonyl (C=O) groups excluding carboxylic acids is 1. The molecule has 2 aromatic rings. The van der Waals surface area contributed by atoms with Gasteiger partial charge in [-0.3, -0.25) is 9.59 Å². The van der Waals surface area contributed by atoms with Crippen LogP contribution in [-0.4, -0.2) is 42.0 Å². The molecule has 154 valence electrons. The molecule has 5 nitrogen and oxygen atoms in total. The number of piperidine rings is 1. The average Bonchev–Trinajstić information content (AvgIpc) is 2.69. The van der Waals surface area contributed by atoms with Crippen molar-refractivity contribution < 1.29 is 18.0 Å². The van der Waals surface area contributed by atoms with Gasteiger partial charge >= 0.3 is 6.18 Å². The number of hydrogen-bond donors (Lipinski definition) is 2. The van der Waals surface area contributed by atoms with E-state index in [1.165, 1.54) is 36.0 Å². The lowest BCUT2D eigenvalue weighted by molar-refractivity contribution is -0.137. The number of pyridine rings is 1. The Labute approximate surface area is 166 Å². The van der Waals surface area contributed by atoms with E-state index in [1.54, 1.807) is 0 Å². The molecule has 3 rings (SSSR count). The molecule has 0 atom stereocenters. The zero-order valence-corrected chi connectivity index (χ0v) is 15.8. The van der Waals surface area contributed by atoms with E-state index in [2.05, 4.69) is 15.2 Å². The van der Waals surface area contributed by atoms with Crippen LogP contribution in [0.1, 0.15) is 34.3 Å². The minimum Gasteiger partial charge on any atom is -0.351 e. The van der Waals surface area contributed by atoms with Crippen LogP contribution in [0.4, 0.5) is 13.2 Å². The van der Waals surface area contributed by atoms with E-state index in [1.807, 2.05) is 6.08 Å². The third-order valence-corrected chi connectivity index (χ3v) is 4.87. The first-order chi connectivity index (χ1) is 13.8. The molecule has 1 aliphatic rings. The number of aromatic amines is 1. The molecular formula is C21H22F3N3O2. The Balaban J connectivity index is 1.43. The molecule has 1 amide bonds. The van der Waals surface area contributed by atoms with Crippen molar-refractivity contribution >= 4 is 12.0 Å². The van der Waals surface area contributed by atoms with E-state index >= 15 is 0 Å². The standard InChI is InChI=1S/C21H22F3N3O2/c22-21(23,24)18-4-1-15(2-5-18)13-16-7-10-27(11-8-16)12-9-25-20(29)17-3-6-19(28)26-14-17/h1-6,13-14H,7-12H2,(H,25,29)(H,26,28). The number of hydrogen-bond acceptors (Lipinski definition) is 3. The van der Waals surface area contributed by atoms with Crippen LogP contribution in [0.5, 0.6) is 0 Å². The quantitative estimate of drug-likeness (QED) is 0.802. The molecule has 1 aliphatic heterocycles. The summed E-state index contributed by atoms with van der Waals surface area (Å²) < 4.78 is 37.9. The van der Waals surface area contributed by atoms with Gasteiger partial charge in [-0.2, -0.15) is 13.2 Å². The smallest absolute Gasteiger partial charge is 0.351 e. The van der Waals surface area contributed by atoms with Crippen molar-refractivity contribution in [2.24, 2.45) is 0 Å².